The average Bonchev–Trinajstić information content (AvgIpc) is 3.25. The summed E-state index contributed by atoms with van der Waals surface area (Å²) in [6.07, 6.45) is 1.58. The number of rotatable bonds is 6. The second-order valence-corrected chi connectivity index (χ2v) is 6.33. The first-order chi connectivity index (χ1) is 11.5. The maximum atomic E-state index is 12.0. The Morgan fingerprint density at radius 1 is 1.38 bits per heavy atom. The molecule has 24 heavy (non-hydrogen) atoms. The Morgan fingerprint density at radius 3 is 2.88 bits per heavy atom. The van der Waals surface area contributed by atoms with E-state index >= 15 is 0 Å². The van der Waals surface area contributed by atoms with E-state index in [1.807, 2.05) is 20.8 Å². The van der Waals surface area contributed by atoms with Crippen LogP contribution in [0.1, 0.15) is 22.8 Å². The van der Waals surface area contributed by atoms with Crippen LogP contribution in [0.15, 0.2) is 27.2 Å². The van der Waals surface area contributed by atoms with Gasteiger partial charge in [0.25, 0.3) is 5.89 Å². The lowest BCUT2D eigenvalue weighted by molar-refractivity contribution is -0.113. The van der Waals surface area contributed by atoms with E-state index in [2.05, 4.69) is 20.5 Å². The van der Waals surface area contributed by atoms with Crippen LogP contribution in [-0.2, 0) is 10.5 Å². The van der Waals surface area contributed by atoms with Gasteiger partial charge in [0.2, 0.25) is 5.91 Å². The zero-order chi connectivity index (χ0) is 17.1. The molecule has 3 aromatic rings. The number of thioether (sulfide) groups is 1. The van der Waals surface area contributed by atoms with Gasteiger partial charge in [-0.3, -0.25) is 9.89 Å². The normalized spacial score (nSPS) is 11.0. The fraction of sp³-hybridized carbons (Fsp3) is 0.312. The lowest BCUT2D eigenvalue weighted by atomic mass is 10.3. The number of amides is 1. The van der Waals surface area contributed by atoms with E-state index in [1.165, 1.54) is 11.8 Å². The number of hydrogen-bond acceptors (Lipinski definition) is 6. The number of anilines is 1. The van der Waals surface area contributed by atoms with Crippen LogP contribution >= 0.6 is 11.8 Å². The summed E-state index contributed by atoms with van der Waals surface area (Å²) >= 11 is 1.48. The Morgan fingerprint density at radius 2 is 2.21 bits per heavy atom. The fourth-order valence-corrected chi connectivity index (χ4v) is 3.04. The Kier molecular flexibility index (Phi) is 4.75. The molecule has 0 aliphatic heterocycles. The molecule has 0 unspecified atom stereocenters. The van der Waals surface area contributed by atoms with Gasteiger partial charge in [0.05, 0.1) is 34.8 Å². The molecule has 3 aromatic heterocycles. The number of nitrogens with one attached hydrogen (secondary N) is 2. The molecule has 7 nitrogen and oxygen atoms in total. The van der Waals surface area contributed by atoms with Crippen LogP contribution in [0.2, 0.25) is 0 Å². The third kappa shape index (κ3) is 3.53. The number of hydrogen-bond donors (Lipinski definition) is 2. The number of oxazole rings is 1. The van der Waals surface area contributed by atoms with Gasteiger partial charge in [0.15, 0.2) is 5.76 Å². The smallest absolute Gasteiger partial charge is 0.263 e. The molecule has 0 aliphatic rings. The van der Waals surface area contributed by atoms with E-state index in [-0.39, 0.29) is 5.91 Å². The van der Waals surface area contributed by atoms with Crippen LogP contribution in [0.5, 0.6) is 0 Å². The first kappa shape index (κ1) is 16.4. The van der Waals surface area contributed by atoms with Crippen LogP contribution < -0.4 is 5.32 Å². The van der Waals surface area contributed by atoms with Crippen molar-refractivity contribution in [1.82, 2.24) is 15.2 Å². The van der Waals surface area contributed by atoms with Crippen LogP contribution in [0.3, 0.4) is 0 Å². The van der Waals surface area contributed by atoms with Gasteiger partial charge >= 0.3 is 0 Å². The van der Waals surface area contributed by atoms with Crippen molar-refractivity contribution in [3.63, 3.8) is 0 Å². The van der Waals surface area contributed by atoms with E-state index in [9.17, 15) is 4.79 Å². The molecule has 1 amide bonds. The molecular formula is C16H18N4O3S. The average molecular weight is 346 g/mol. The highest BCUT2D eigenvalue weighted by Crippen LogP contribution is 2.24. The van der Waals surface area contributed by atoms with Gasteiger partial charge in [0, 0.05) is 5.75 Å². The van der Waals surface area contributed by atoms with E-state index in [0.717, 1.165) is 28.5 Å². The highest BCUT2D eigenvalue weighted by atomic mass is 32.2. The molecule has 0 bridgehead atoms. The predicted octanol–water partition coefficient (Wildman–Crippen LogP) is 3.45. The maximum absolute atomic E-state index is 12.0. The lowest BCUT2D eigenvalue weighted by Crippen LogP contribution is -2.15. The van der Waals surface area contributed by atoms with Gasteiger partial charge in [-0.1, -0.05) is 0 Å². The molecule has 0 aromatic carbocycles. The molecule has 0 radical (unpaired) electrons. The number of aryl methyl sites for hydroxylation is 3. The number of aromatic nitrogens is 3. The highest BCUT2D eigenvalue weighted by Gasteiger charge is 2.15. The zero-order valence-corrected chi connectivity index (χ0v) is 14.5. The summed E-state index contributed by atoms with van der Waals surface area (Å²) in [6.45, 7) is 5.58. The molecule has 0 fully saturated rings. The number of H-pyrrole nitrogens is 1. The molecule has 0 atom stereocenters. The minimum atomic E-state index is -0.0694. The van der Waals surface area contributed by atoms with Crippen LogP contribution in [0.25, 0.3) is 11.7 Å². The van der Waals surface area contributed by atoms with Gasteiger partial charge < -0.3 is 14.2 Å². The quantitative estimate of drug-likeness (QED) is 0.709. The maximum Gasteiger partial charge on any atom is 0.263 e. The topological polar surface area (TPSA) is 97.0 Å². The molecule has 3 rings (SSSR count). The predicted molar refractivity (Wildman–Crippen MR) is 91.8 cm³/mol. The molecular weight excluding hydrogens is 328 g/mol. The lowest BCUT2D eigenvalue weighted by Gasteiger charge is -2.04. The number of carbonyl (C=O) groups excluding carboxylic acids is 1. The number of nitrogens with zero attached hydrogens (tertiary/aromatic N) is 2. The monoisotopic (exact) mass is 346 g/mol. The van der Waals surface area contributed by atoms with Crippen molar-refractivity contribution in [3.8, 4) is 11.7 Å². The number of furan rings is 1. The molecule has 0 spiro atoms. The molecule has 0 saturated heterocycles. The van der Waals surface area contributed by atoms with Crippen LogP contribution in [0.4, 0.5) is 5.69 Å². The van der Waals surface area contributed by atoms with Gasteiger partial charge in [-0.15, -0.1) is 11.8 Å². The van der Waals surface area contributed by atoms with Crippen molar-refractivity contribution in [2.24, 2.45) is 0 Å². The molecule has 3 heterocycles. The highest BCUT2D eigenvalue weighted by molar-refractivity contribution is 7.99. The van der Waals surface area contributed by atoms with Crippen LogP contribution in [-0.4, -0.2) is 26.8 Å². The summed E-state index contributed by atoms with van der Waals surface area (Å²) < 4.78 is 10.9. The molecule has 8 heteroatoms. The zero-order valence-electron chi connectivity index (χ0n) is 13.7. The molecule has 0 aliphatic carbocycles. The SMILES string of the molecule is Cc1n[nH]c(C)c1NC(=O)CSCc1nc(-c2ccco2)oc1C. The van der Waals surface area contributed by atoms with Crippen molar-refractivity contribution >= 4 is 23.4 Å². The van der Waals surface area contributed by atoms with Crippen molar-refractivity contribution < 1.29 is 13.6 Å². The number of aromatic amines is 1. The second-order valence-electron chi connectivity index (χ2n) is 5.35. The Balaban J connectivity index is 1.54. The molecule has 2 N–H and O–H groups in total. The summed E-state index contributed by atoms with van der Waals surface area (Å²) in [6, 6.07) is 3.58. The first-order valence-electron chi connectivity index (χ1n) is 7.44. The summed E-state index contributed by atoms with van der Waals surface area (Å²) in [5.74, 6) is 2.63. The van der Waals surface area contributed by atoms with Crippen molar-refractivity contribution in [2.45, 2.75) is 26.5 Å². The van der Waals surface area contributed by atoms with Crippen molar-refractivity contribution in [1.29, 1.82) is 0 Å². The molecule has 126 valence electrons. The van der Waals surface area contributed by atoms with E-state index in [1.54, 1.807) is 18.4 Å². The van der Waals surface area contributed by atoms with Gasteiger partial charge in [-0.2, -0.15) is 5.10 Å². The second kappa shape index (κ2) is 6.96. The summed E-state index contributed by atoms with van der Waals surface area (Å²) in [5.41, 5.74) is 3.19. The number of carbonyl (C=O) groups is 1. The first-order valence-corrected chi connectivity index (χ1v) is 8.59. The third-order valence-electron chi connectivity index (χ3n) is 3.49. The molecule has 0 saturated carbocycles. The summed E-state index contributed by atoms with van der Waals surface area (Å²) in [7, 11) is 0. The summed E-state index contributed by atoms with van der Waals surface area (Å²) in [4.78, 5) is 16.5. The Bertz CT molecular complexity index is 816. The van der Waals surface area contributed by atoms with Gasteiger partial charge in [0.1, 0.15) is 5.76 Å². The van der Waals surface area contributed by atoms with Crippen molar-refractivity contribution in [2.75, 3.05) is 11.1 Å². The van der Waals surface area contributed by atoms with Gasteiger partial charge in [-0.25, -0.2) is 4.98 Å². The third-order valence-corrected chi connectivity index (χ3v) is 4.43. The minimum Gasteiger partial charge on any atom is -0.459 e. The van der Waals surface area contributed by atoms with E-state index < -0.39 is 0 Å². The fourth-order valence-electron chi connectivity index (χ4n) is 2.22. The van der Waals surface area contributed by atoms with Crippen LogP contribution in [0, 0.1) is 20.8 Å². The van der Waals surface area contributed by atoms with E-state index in [4.69, 9.17) is 8.83 Å². The summed E-state index contributed by atoms with van der Waals surface area (Å²) in [5, 5.41) is 9.78. The Hall–Kier alpha value is -2.48. The largest absolute Gasteiger partial charge is 0.459 e. The Labute approximate surface area is 143 Å². The van der Waals surface area contributed by atoms with E-state index in [0.29, 0.717) is 23.2 Å². The standard InChI is InChI=1S/C16H18N4O3S/c1-9-15(10(2)20-19-9)18-14(21)8-24-7-12-11(3)23-16(17-12)13-5-4-6-22-13/h4-6H,7-8H2,1-3H3,(H,18,21)(H,19,20). The van der Waals surface area contributed by atoms with Crippen molar-refractivity contribution in [3.05, 3.63) is 41.2 Å². The van der Waals surface area contributed by atoms with Gasteiger partial charge in [-0.05, 0) is 32.9 Å². The minimum absolute atomic E-state index is 0.0694.